The predicted octanol–water partition coefficient (Wildman–Crippen LogP) is 0.986. The maximum atomic E-state index is 12.5. The zero-order chi connectivity index (χ0) is 17.6. The first-order valence-electron chi connectivity index (χ1n) is 8.27. The average molecular weight is 360 g/mol. The molecule has 1 saturated carbocycles. The smallest absolute Gasteiger partial charge is 0.226 e. The highest BCUT2D eigenvalue weighted by atomic mass is 35.5. The normalized spacial score (nSPS) is 21.7. The Morgan fingerprint density at radius 3 is 2.72 bits per heavy atom. The van der Waals surface area contributed by atoms with Gasteiger partial charge in [-0.2, -0.15) is 0 Å². The molecule has 1 aromatic heterocycles. The summed E-state index contributed by atoms with van der Waals surface area (Å²) in [6.45, 7) is 1.64. The Morgan fingerprint density at radius 1 is 1.20 bits per heavy atom. The van der Waals surface area contributed by atoms with E-state index in [9.17, 15) is 9.59 Å². The van der Waals surface area contributed by atoms with E-state index in [1.807, 2.05) is 28.8 Å². The molecule has 0 unspecified atom stereocenters. The first-order chi connectivity index (χ1) is 12.0. The van der Waals surface area contributed by atoms with Crippen LogP contribution in [0.5, 0.6) is 0 Å². The molecule has 1 aliphatic carbocycles. The van der Waals surface area contributed by atoms with Gasteiger partial charge in [-0.3, -0.25) is 9.59 Å². The fraction of sp³-hybridized carbons (Fsp3) is 0.412. The van der Waals surface area contributed by atoms with E-state index in [0.717, 1.165) is 17.2 Å². The van der Waals surface area contributed by atoms with Crippen molar-refractivity contribution in [3.63, 3.8) is 0 Å². The van der Waals surface area contributed by atoms with Gasteiger partial charge in [0.2, 0.25) is 11.8 Å². The molecule has 2 N–H and O–H groups in total. The van der Waals surface area contributed by atoms with Crippen LogP contribution in [-0.4, -0.2) is 38.0 Å². The number of halogens is 1. The second kappa shape index (κ2) is 6.15. The Morgan fingerprint density at radius 2 is 2.00 bits per heavy atom. The van der Waals surface area contributed by atoms with Gasteiger partial charge < -0.3 is 15.2 Å². The van der Waals surface area contributed by atoms with E-state index in [4.69, 9.17) is 17.3 Å². The van der Waals surface area contributed by atoms with E-state index in [2.05, 4.69) is 10.2 Å². The Labute approximate surface area is 149 Å². The Bertz CT molecular complexity index is 849. The number of aromatic nitrogens is 3. The van der Waals surface area contributed by atoms with Gasteiger partial charge >= 0.3 is 0 Å². The molecule has 2 aromatic rings. The number of hydrogen-bond acceptors (Lipinski definition) is 4. The standard InChI is InChI=1S/C17H18ClN5O2/c18-13-4-2-1-3-10(13)7-14-20-21-15-9-22(5-6-23(14)15)17(25)12-8-11(12)16(19)24/h1-4,11-12H,5-9H2,(H2,19,24)/t11-,12+/m1/s1. The Balaban J connectivity index is 1.47. The van der Waals surface area contributed by atoms with Crippen molar-refractivity contribution >= 4 is 23.4 Å². The molecule has 2 heterocycles. The molecule has 0 radical (unpaired) electrons. The van der Waals surface area contributed by atoms with Gasteiger partial charge in [0.25, 0.3) is 0 Å². The summed E-state index contributed by atoms with van der Waals surface area (Å²) in [6, 6.07) is 7.67. The summed E-state index contributed by atoms with van der Waals surface area (Å²) in [7, 11) is 0. The van der Waals surface area contributed by atoms with Crippen molar-refractivity contribution in [3.8, 4) is 0 Å². The number of nitrogens with two attached hydrogens (primary N) is 1. The molecule has 0 saturated heterocycles. The third-order valence-electron chi connectivity index (χ3n) is 4.92. The SMILES string of the molecule is NC(=O)[C@@H]1C[C@@H]1C(=O)N1CCn2c(Cc3ccccc3Cl)nnc2C1. The van der Waals surface area contributed by atoms with Crippen molar-refractivity contribution in [2.45, 2.75) is 25.9 Å². The topological polar surface area (TPSA) is 94.1 Å². The van der Waals surface area contributed by atoms with Crippen LogP contribution in [-0.2, 0) is 29.1 Å². The van der Waals surface area contributed by atoms with Crippen molar-refractivity contribution in [1.29, 1.82) is 0 Å². The molecule has 8 heteroatoms. The first-order valence-corrected chi connectivity index (χ1v) is 8.65. The molecule has 7 nitrogen and oxygen atoms in total. The molecule has 2 atom stereocenters. The number of rotatable bonds is 4. The van der Waals surface area contributed by atoms with E-state index in [-0.39, 0.29) is 23.7 Å². The molecule has 1 fully saturated rings. The minimum absolute atomic E-state index is 0.00861. The highest BCUT2D eigenvalue weighted by Gasteiger charge is 2.49. The number of primary amides is 1. The third kappa shape index (κ3) is 3.00. The highest BCUT2D eigenvalue weighted by molar-refractivity contribution is 6.31. The number of hydrogen-bond donors (Lipinski definition) is 1. The first kappa shape index (κ1) is 16.1. The molecule has 130 valence electrons. The zero-order valence-electron chi connectivity index (χ0n) is 13.6. The monoisotopic (exact) mass is 359 g/mol. The van der Waals surface area contributed by atoms with Crippen molar-refractivity contribution in [2.75, 3.05) is 6.54 Å². The minimum atomic E-state index is -0.388. The van der Waals surface area contributed by atoms with Crippen molar-refractivity contribution < 1.29 is 9.59 Å². The molecule has 2 amide bonds. The Hall–Kier alpha value is -2.41. The van der Waals surface area contributed by atoms with Crippen LogP contribution in [0.1, 0.15) is 23.6 Å². The molecular formula is C17H18ClN5O2. The summed E-state index contributed by atoms with van der Waals surface area (Å²) >= 11 is 6.22. The number of nitrogens with zero attached hydrogens (tertiary/aromatic N) is 4. The summed E-state index contributed by atoms with van der Waals surface area (Å²) in [5.41, 5.74) is 6.27. The molecule has 25 heavy (non-hydrogen) atoms. The summed E-state index contributed by atoms with van der Waals surface area (Å²) in [5.74, 6) is 0.651. The van der Waals surface area contributed by atoms with E-state index in [1.165, 1.54) is 0 Å². The van der Waals surface area contributed by atoms with Gasteiger partial charge in [0.1, 0.15) is 5.82 Å². The van der Waals surface area contributed by atoms with Crippen LogP contribution in [0.4, 0.5) is 0 Å². The summed E-state index contributed by atoms with van der Waals surface area (Å²) < 4.78 is 2.05. The number of fused-ring (bicyclic) bond motifs is 1. The number of carbonyl (C=O) groups is 2. The van der Waals surface area contributed by atoms with Crippen LogP contribution >= 0.6 is 11.6 Å². The van der Waals surface area contributed by atoms with E-state index < -0.39 is 0 Å². The van der Waals surface area contributed by atoms with Gasteiger partial charge in [0.05, 0.1) is 18.4 Å². The fourth-order valence-electron chi connectivity index (χ4n) is 3.37. The zero-order valence-corrected chi connectivity index (χ0v) is 14.3. The van der Waals surface area contributed by atoms with Gasteiger partial charge in [-0.1, -0.05) is 29.8 Å². The minimum Gasteiger partial charge on any atom is -0.369 e. The van der Waals surface area contributed by atoms with Crippen LogP contribution in [0.25, 0.3) is 0 Å². The molecule has 1 aromatic carbocycles. The predicted molar refractivity (Wildman–Crippen MR) is 90.5 cm³/mol. The van der Waals surface area contributed by atoms with Crippen LogP contribution < -0.4 is 5.73 Å². The van der Waals surface area contributed by atoms with Gasteiger partial charge in [-0.15, -0.1) is 10.2 Å². The lowest BCUT2D eigenvalue weighted by molar-refractivity contribution is -0.135. The van der Waals surface area contributed by atoms with Crippen LogP contribution in [0.15, 0.2) is 24.3 Å². The van der Waals surface area contributed by atoms with Crippen LogP contribution in [0, 0.1) is 11.8 Å². The quantitative estimate of drug-likeness (QED) is 0.880. The summed E-state index contributed by atoms with van der Waals surface area (Å²) in [6.07, 6.45) is 1.17. The summed E-state index contributed by atoms with van der Waals surface area (Å²) in [5, 5.41) is 9.21. The van der Waals surface area contributed by atoms with E-state index in [0.29, 0.717) is 37.5 Å². The molecule has 2 aliphatic rings. The maximum absolute atomic E-state index is 12.5. The van der Waals surface area contributed by atoms with Crippen LogP contribution in [0.3, 0.4) is 0 Å². The lowest BCUT2D eigenvalue weighted by atomic mass is 10.1. The molecule has 0 spiro atoms. The highest BCUT2D eigenvalue weighted by Crippen LogP contribution is 2.40. The van der Waals surface area contributed by atoms with Crippen LogP contribution in [0.2, 0.25) is 5.02 Å². The lowest BCUT2D eigenvalue weighted by Crippen LogP contribution is -2.40. The van der Waals surface area contributed by atoms with Crippen molar-refractivity contribution in [1.82, 2.24) is 19.7 Å². The maximum Gasteiger partial charge on any atom is 0.226 e. The fourth-order valence-corrected chi connectivity index (χ4v) is 3.57. The largest absolute Gasteiger partial charge is 0.369 e. The second-order valence-electron chi connectivity index (χ2n) is 6.56. The van der Waals surface area contributed by atoms with E-state index >= 15 is 0 Å². The van der Waals surface area contributed by atoms with Crippen molar-refractivity contribution in [2.24, 2.45) is 17.6 Å². The van der Waals surface area contributed by atoms with Gasteiger partial charge in [-0.05, 0) is 18.1 Å². The molecule has 1 aliphatic heterocycles. The summed E-state index contributed by atoms with van der Waals surface area (Å²) in [4.78, 5) is 25.4. The number of carbonyl (C=O) groups excluding carboxylic acids is 2. The van der Waals surface area contributed by atoms with Gasteiger partial charge in [0, 0.05) is 24.5 Å². The van der Waals surface area contributed by atoms with Crippen molar-refractivity contribution in [3.05, 3.63) is 46.5 Å². The molecule has 0 bridgehead atoms. The molecular weight excluding hydrogens is 342 g/mol. The van der Waals surface area contributed by atoms with Gasteiger partial charge in [-0.25, -0.2) is 0 Å². The lowest BCUT2D eigenvalue weighted by Gasteiger charge is -2.28. The van der Waals surface area contributed by atoms with Gasteiger partial charge in [0.15, 0.2) is 5.82 Å². The number of amides is 2. The average Bonchev–Trinajstić information content (AvgIpc) is 3.32. The van der Waals surface area contributed by atoms with E-state index in [1.54, 1.807) is 4.90 Å². The second-order valence-corrected chi connectivity index (χ2v) is 6.97. The number of benzene rings is 1. The Kier molecular flexibility index (Phi) is 3.95. The molecule has 4 rings (SSSR count). The third-order valence-corrected chi connectivity index (χ3v) is 5.29.